The van der Waals surface area contributed by atoms with Gasteiger partial charge >= 0.3 is 0 Å². The Kier molecular flexibility index (Phi) is 5.36. The topological polar surface area (TPSA) is 72.2 Å². The fourth-order valence-corrected chi connectivity index (χ4v) is 4.91. The van der Waals surface area contributed by atoms with E-state index in [4.69, 9.17) is 4.52 Å². The van der Waals surface area contributed by atoms with E-state index < -0.39 is 10.0 Å². The molecule has 0 amide bonds. The minimum absolute atomic E-state index is 0.288. The molecule has 0 bridgehead atoms. The minimum atomic E-state index is -3.50. The van der Waals surface area contributed by atoms with Gasteiger partial charge in [-0.3, -0.25) is 0 Å². The lowest BCUT2D eigenvalue weighted by Gasteiger charge is -2.05. The number of aromatic nitrogens is 1. The Morgan fingerprint density at radius 3 is 2.56 bits per heavy atom. The molecular weight excluding hydrogens is 356 g/mol. The van der Waals surface area contributed by atoms with E-state index in [-0.39, 0.29) is 4.21 Å². The quantitative estimate of drug-likeness (QED) is 0.634. The molecule has 7 heteroatoms. The summed E-state index contributed by atoms with van der Waals surface area (Å²) in [5.41, 5.74) is 2.95. The van der Waals surface area contributed by atoms with Crippen molar-refractivity contribution in [3.05, 3.63) is 59.3 Å². The number of thiophene rings is 1. The van der Waals surface area contributed by atoms with Gasteiger partial charge in [0.15, 0.2) is 5.76 Å². The Labute approximate surface area is 151 Å². The molecule has 0 aliphatic carbocycles. The van der Waals surface area contributed by atoms with Crippen LogP contribution >= 0.6 is 11.3 Å². The van der Waals surface area contributed by atoms with Gasteiger partial charge in [-0.1, -0.05) is 35.5 Å². The minimum Gasteiger partial charge on any atom is -0.355 e. The van der Waals surface area contributed by atoms with E-state index in [1.54, 1.807) is 12.1 Å². The van der Waals surface area contributed by atoms with Crippen molar-refractivity contribution in [2.45, 2.75) is 30.9 Å². The average molecular weight is 377 g/mol. The normalized spacial score (nSPS) is 11.8. The summed E-state index contributed by atoms with van der Waals surface area (Å²) in [5, 5.41) is 3.92. The van der Waals surface area contributed by atoms with E-state index in [1.807, 2.05) is 44.2 Å². The lowest BCUT2D eigenvalue weighted by molar-refractivity contribution is 0.427. The van der Waals surface area contributed by atoms with E-state index in [2.05, 4.69) is 9.88 Å². The van der Waals surface area contributed by atoms with Crippen LogP contribution in [0.1, 0.15) is 23.2 Å². The number of nitrogens with zero attached hydrogens (tertiary/aromatic N) is 1. The smallest absolute Gasteiger partial charge is 0.250 e. The molecule has 1 N–H and O–H groups in total. The fraction of sp³-hybridized carbons (Fsp3) is 0.278. The predicted molar refractivity (Wildman–Crippen MR) is 99.2 cm³/mol. The third kappa shape index (κ3) is 4.18. The maximum Gasteiger partial charge on any atom is 0.250 e. The van der Waals surface area contributed by atoms with Gasteiger partial charge in [0.1, 0.15) is 4.21 Å². The molecule has 25 heavy (non-hydrogen) atoms. The molecule has 0 fully saturated rings. The van der Waals surface area contributed by atoms with Crippen molar-refractivity contribution < 1.29 is 12.9 Å². The number of nitrogens with one attached hydrogen (secondary N) is 1. The van der Waals surface area contributed by atoms with Gasteiger partial charge in [0.05, 0.1) is 10.6 Å². The summed E-state index contributed by atoms with van der Waals surface area (Å²) in [6, 6.07) is 13.4. The van der Waals surface area contributed by atoms with Crippen molar-refractivity contribution in [3.8, 4) is 10.6 Å². The molecule has 0 radical (unpaired) electrons. The summed E-state index contributed by atoms with van der Waals surface area (Å²) < 4.78 is 33.1. The first-order valence-electron chi connectivity index (χ1n) is 8.04. The molecule has 3 aromatic rings. The second kappa shape index (κ2) is 7.51. The van der Waals surface area contributed by atoms with Crippen LogP contribution in [0.2, 0.25) is 0 Å². The van der Waals surface area contributed by atoms with Gasteiger partial charge in [-0.15, -0.1) is 11.3 Å². The molecule has 3 rings (SSSR count). The highest BCUT2D eigenvalue weighted by atomic mass is 32.2. The van der Waals surface area contributed by atoms with E-state index >= 15 is 0 Å². The zero-order chi connectivity index (χ0) is 17.9. The van der Waals surface area contributed by atoms with Crippen LogP contribution < -0.4 is 4.72 Å². The molecular formula is C18H20N2O3S2. The maximum absolute atomic E-state index is 12.4. The van der Waals surface area contributed by atoms with Crippen LogP contribution in [0.4, 0.5) is 0 Å². The zero-order valence-electron chi connectivity index (χ0n) is 14.2. The van der Waals surface area contributed by atoms with E-state index in [9.17, 15) is 8.42 Å². The molecule has 0 aliphatic heterocycles. The third-order valence-electron chi connectivity index (χ3n) is 4.00. The van der Waals surface area contributed by atoms with Crippen molar-refractivity contribution in [2.75, 3.05) is 6.54 Å². The second-order valence-electron chi connectivity index (χ2n) is 5.83. The van der Waals surface area contributed by atoms with Gasteiger partial charge in [0.2, 0.25) is 10.0 Å². The van der Waals surface area contributed by atoms with E-state index in [0.717, 1.165) is 29.0 Å². The monoisotopic (exact) mass is 376 g/mol. The third-order valence-corrected chi connectivity index (χ3v) is 7.04. The zero-order valence-corrected chi connectivity index (χ0v) is 15.8. The van der Waals surface area contributed by atoms with Gasteiger partial charge in [0, 0.05) is 12.1 Å². The Bertz CT molecular complexity index is 944. The number of sulfonamides is 1. The fourth-order valence-electron chi connectivity index (χ4n) is 2.45. The first kappa shape index (κ1) is 17.8. The molecule has 0 unspecified atom stereocenters. The van der Waals surface area contributed by atoms with Gasteiger partial charge in [-0.25, -0.2) is 13.1 Å². The molecule has 2 aromatic heterocycles. The number of benzene rings is 1. The Balaban J connectivity index is 1.62. The lowest BCUT2D eigenvalue weighted by atomic mass is 10.1. The van der Waals surface area contributed by atoms with E-state index in [0.29, 0.717) is 12.3 Å². The summed E-state index contributed by atoms with van der Waals surface area (Å²) in [4.78, 5) is 0.766. The number of hydrogen-bond donors (Lipinski definition) is 1. The molecule has 5 nitrogen and oxygen atoms in total. The SMILES string of the molecule is Cc1noc(-c2ccc(S(=O)(=O)NCCCc3ccccc3)s2)c1C. The molecule has 0 atom stereocenters. The maximum atomic E-state index is 12.4. The summed E-state index contributed by atoms with van der Waals surface area (Å²) >= 11 is 1.19. The van der Waals surface area contributed by atoms with Crippen molar-refractivity contribution in [1.29, 1.82) is 0 Å². The van der Waals surface area contributed by atoms with Crippen LogP contribution in [-0.4, -0.2) is 20.1 Å². The first-order valence-corrected chi connectivity index (χ1v) is 10.3. The summed E-state index contributed by atoms with van der Waals surface area (Å²) in [5.74, 6) is 0.632. The largest absolute Gasteiger partial charge is 0.355 e. The average Bonchev–Trinajstić information content (AvgIpc) is 3.21. The molecule has 0 aliphatic rings. The Hall–Kier alpha value is -1.96. The molecule has 0 saturated heterocycles. The predicted octanol–water partition coefficient (Wildman–Crippen LogP) is 3.93. The van der Waals surface area contributed by atoms with Crippen LogP contribution in [-0.2, 0) is 16.4 Å². The van der Waals surface area contributed by atoms with Gasteiger partial charge < -0.3 is 4.52 Å². The van der Waals surface area contributed by atoms with Crippen LogP contribution in [0.25, 0.3) is 10.6 Å². The van der Waals surface area contributed by atoms with Crippen molar-refractivity contribution in [2.24, 2.45) is 0 Å². The second-order valence-corrected chi connectivity index (χ2v) is 8.91. The van der Waals surface area contributed by atoms with Crippen LogP contribution in [0, 0.1) is 13.8 Å². The first-order chi connectivity index (χ1) is 12.0. The van der Waals surface area contributed by atoms with Crippen molar-refractivity contribution in [1.82, 2.24) is 9.88 Å². The van der Waals surface area contributed by atoms with Crippen molar-refractivity contribution >= 4 is 21.4 Å². The molecule has 2 heterocycles. The van der Waals surface area contributed by atoms with Crippen LogP contribution in [0.3, 0.4) is 0 Å². The molecule has 132 valence electrons. The number of aryl methyl sites for hydroxylation is 2. The summed E-state index contributed by atoms with van der Waals surface area (Å²) in [6.07, 6.45) is 1.59. The number of hydrogen-bond acceptors (Lipinski definition) is 5. The summed E-state index contributed by atoms with van der Waals surface area (Å²) in [6.45, 7) is 4.18. The van der Waals surface area contributed by atoms with Gasteiger partial charge in [0.25, 0.3) is 0 Å². The number of rotatable bonds is 7. The van der Waals surface area contributed by atoms with E-state index in [1.165, 1.54) is 16.9 Å². The molecule has 0 saturated carbocycles. The summed E-state index contributed by atoms with van der Waals surface area (Å²) in [7, 11) is -3.50. The van der Waals surface area contributed by atoms with Crippen LogP contribution in [0.15, 0.2) is 51.2 Å². The molecule has 1 aromatic carbocycles. The highest BCUT2D eigenvalue weighted by molar-refractivity contribution is 7.91. The highest BCUT2D eigenvalue weighted by Gasteiger charge is 2.19. The Morgan fingerprint density at radius 1 is 1.12 bits per heavy atom. The van der Waals surface area contributed by atoms with Gasteiger partial charge in [-0.2, -0.15) is 0 Å². The van der Waals surface area contributed by atoms with Crippen LogP contribution in [0.5, 0.6) is 0 Å². The van der Waals surface area contributed by atoms with Crippen molar-refractivity contribution in [3.63, 3.8) is 0 Å². The molecule has 0 spiro atoms. The highest BCUT2D eigenvalue weighted by Crippen LogP contribution is 2.33. The Morgan fingerprint density at radius 2 is 1.88 bits per heavy atom. The standard InChI is InChI=1S/C18H20N2O3S2/c1-13-14(2)20-23-18(13)16-10-11-17(24-16)25(21,22)19-12-6-9-15-7-4-3-5-8-15/h3-5,7-8,10-11,19H,6,9,12H2,1-2H3. The lowest BCUT2D eigenvalue weighted by Crippen LogP contribution is -2.24. The van der Waals surface area contributed by atoms with Gasteiger partial charge in [-0.05, 0) is 44.4 Å².